The molecule has 2 aromatic rings. The SMILES string of the molecule is CCCNC(C)c1ccnc(Oc2ccc(CC)cc2)c1. The number of rotatable bonds is 7. The number of pyridine rings is 1. The van der Waals surface area contributed by atoms with Crippen LogP contribution in [0.5, 0.6) is 11.6 Å². The number of ether oxygens (including phenoxy) is 1. The van der Waals surface area contributed by atoms with Gasteiger partial charge in [0.25, 0.3) is 0 Å². The molecule has 3 nitrogen and oxygen atoms in total. The highest BCUT2D eigenvalue weighted by Gasteiger charge is 2.06. The summed E-state index contributed by atoms with van der Waals surface area (Å²) in [4.78, 5) is 4.29. The first kappa shape index (κ1) is 15.5. The van der Waals surface area contributed by atoms with E-state index in [1.54, 1.807) is 6.20 Å². The van der Waals surface area contributed by atoms with Crippen LogP contribution in [0.3, 0.4) is 0 Å². The standard InChI is InChI=1S/C18H24N2O/c1-4-11-19-14(3)16-10-12-20-18(13-16)21-17-8-6-15(5-2)7-9-17/h6-10,12-14,19H,4-5,11H2,1-3H3. The van der Waals surface area contributed by atoms with Gasteiger partial charge in [0.2, 0.25) is 5.88 Å². The van der Waals surface area contributed by atoms with Crippen LogP contribution in [0.2, 0.25) is 0 Å². The third-order valence-electron chi connectivity index (χ3n) is 3.51. The second kappa shape index (κ2) is 7.79. The van der Waals surface area contributed by atoms with E-state index in [0.717, 1.165) is 25.1 Å². The number of aromatic nitrogens is 1. The minimum Gasteiger partial charge on any atom is -0.439 e. The summed E-state index contributed by atoms with van der Waals surface area (Å²) in [6.45, 7) is 7.48. The van der Waals surface area contributed by atoms with Crippen molar-refractivity contribution in [3.8, 4) is 11.6 Å². The van der Waals surface area contributed by atoms with Gasteiger partial charge in [-0.3, -0.25) is 0 Å². The molecule has 112 valence electrons. The lowest BCUT2D eigenvalue weighted by Gasteiger charge is -2.14. The summed E-state index contributed by atoms with van der Waals surface area (Å²) in [5.41, 5.74) is 2.50. The first-order chi connectivity index (χ1) is 10.2. The summed E-state index contributed by atoms with van der Waals surface area (Å²) in [6.07, 6.45) is 3.96. The summed E-state index contributed by atoms with van der Waals surface area (Å²) in [7, 11) is 0. The third kappa shape index (κ3) is 4.57. The number of benzene rings is 1. The predicted octanol–water partition coefficient (Wildman–Crippen LogP) is 4.50. The Hall–Kier alpha value is -1.87. The highest BCUT2D eigenvalue weighted by Crippen LogP contribution is 2.22. The number of hydrogen-bond acceptors (Lipinski definition) is 3. The maximum Gasteiger partial charge on any atom is 0.219 e. The normalized spacial score (nSPS) is 12.1. The van der Waals surface area contributed by atoms with E-state index in [4.69, 9.17) is 4.74 Å². The monoisotopic (exact) mass is 284 g/mol. The smallest absolute Gasteiger partial charge is 0.219 e. The highest BCUT2D eigenvalue weighted by atomic mass is 16.5. The molecule has 0 fully saturated rings. The molecule has 1 aromatic carbocycles. The molecular weight excluding hydrogens is 260 g/mol. The van der Waals surface area contributed by atoms with Crippen molar-refractivity contribution < 1.29 is 4.74 Å². The van der Waals surface area contributed by atoms with Gasteiger partial charge < -0.3 is 10.1 Å². The maximum atomic E-state index is 5.83. The van der Waals surface area contributed by atoms with Crippen LogP contribution in [0.4, 0.5) is 0 Å². The Bertz CT molecular complexity index is 551. The average molecular weight is 284 g/mol. The minimum atomic E-state index is 0.303. The van der Waals surface area contributed by atoms with Crippen LogP contribution in [-0.2, 0) is 6.42 Å². The van der Waals surface area contributed by atoms with Crippen molar-refractivity contribution in [2.75, 3.05) is 6.54 Å². The van der Waals surface area contributed by atoms with Gasteiger partial charge in [-0.2, -0.15) is 0 Å². The van der Waals surface area contributed by atoms with Crippen LogP contribution in [0, 0.1) is 0 Å². The maximum absolute atomic E-state index is 5.83. The Kier molecular flexibility index (Phi) is 5.76. The molecule has 0 bridgehead atoms. The summed E-state index contributed by atoms with van der Waals surface area (Å²) >= 11 is 0. The molecule has 3 heteroatoms. The fourth-order valence-corrected chi connectivity index (χ4v) is 2.14. The minimum absolute atomic E-state index is 0.303. The Morgan fingerprint density at radius 2 is 1.90 bits per heavy atom. The first-order valence-electron chi connectivity index (χ1n) is 7.69. The van der Waals surface area contributed by atoms with Gasteiger partial charge in [0.1, 0.15) is 5.75 Å². The van der Waals surface area contributed by atoms with Crippen molar-refractivity contribution in [3.63, 3.8) is 0 Å². The van der Waals surface area contributed by atoms with Gasteiger partial charge >= 0.3 is 0 Å². The average Bonchev–Trinajstić information content (AvgIpc) is 2.53. The van der Waals surface area contributed by atoms with E-state index in [-0.39, 0.29) is 0 Å². The molecule has 0 saturated heterocycles. The molecule has 1 atom stereocenters. The Balaban J connectivity index is 2.06. The molecule has 1 unspecified atom stereocenters. The quantitative estimate of drug-likeness (QED) is 0.813. The van der Waals surface area contributed by atoms with Gasteiger partial charge in [0, 0.05) is 18.3 Å². The lowest BCUT2D eigenvalue weighted by atomic mass is 10.1. The molecular formula is C18H24N2O. The van der Waals surface area contributed by atoms with Crippen LogP contribution in [0.1, 0.15) is 44.4 Å². The number of hydrogen-bond donors (Lipinski definition) is 1. The fourth-order valence-electron chi connectivity index (χ4n) is 2.14. The summed E-state index contributed by atoms with van der Waals surface area (Å²) in [5.74, 6) is 1.47. The second-order valence-electron chi connectivity index (χ2n) is 5.20. The number of nitrogens with one attached hydrogen (secondary N) is 1. The molecule has 0 aliphatic heterocycles. The number of nitrogens with zero attached hydrogens (tertiary/aromatic N) is 1. The van der Waals surface area contributed by atoms with Gasteiger partial charge in [0.15, 0.2) is 0 Å². The van der Waals surface area contributed by atoms with Crippen LogP contribution in [0.15, 0.2) is 42.6 Å². The van der Waals surface area contributed by atoms with E-state index in [1.807, 2.05) is 24.3 Å². The summed E-state index contributed by atoms with van der Waals surface area (Å²) in [5, 5.41) is 3.47. The Labute approximate surface area is 127 Å². The van der Waals surface area contributed by atoms with Gasteiger partial charge in [0.05, 0.1) is 0 Å². The van der Waals surface area contributed by atoms with Crippen molar-refractivity contribution >= 4 is 0 Å². The topological polar surface area (TPSA) is 34.2 Å². The molecule has 0 spiro atoms. The molecule has 1 aromatic heterocycles. The van der Waals surface area contributed by atoms with Crippen molar-refractivity contribution in [2.24, 2.45) is 0 Å². The fraction of sp³-hybridized carbons (Fsp3) is 0.389. The van der Waals surface area contributed by atoms with Crippen LogP contribution < -0.4 is 10.1 Å². The van der Waals surface area contributed by atoms with E-state index in [9.17, 15) is 0 Å². The van der Waals surface area contributed by atoms with Crippen molar-refractivity contribution in [1.82, 2.24) is 10.3 Å². The summed E-state index contributed by atoms with van der Waals surface area (Å²) in [6, 6.07) is 12.5. The zero-order valence-electron chi connectivity index (χ0n) is 13.1. The third-order valence-corrected chi connectivity index (χ3v) is 3.51. The molecule has 0 aliphatic rings. The van der Waals surface area contributed by atoms with Gasteiger partial charge in [-0.15, -0.1) is 0 Å². The predicted molar refractivity (Wildman–Crippen MR) is 86.8 cm³/mol. The highest BCUT2D eigenvalue weighted by molar-refractivity contribution is 5.32. The van der Waals surface area contributed by atoms with Gasteiger partial charge in [-0.1, -0.05) is 26.0 Å². The van der Waals surface area contributed by atoms with Crippen LogP contribution in [0.25, 0.3) is 0 Å². The second-order valence-corrected chi connectivity index (χ2v) is 5.20. The lowest BCUT2D eigenvalue weighted by molar-refractivity contribution is 0.459. The molecule has 2 rings (SSSR count). The van der Waals surface area contributed by atoms with Crippen molar-refractivity contribution in [3.05, 3.63) is 53.7 Å². The molecule has 0 amide bonds. The van der Waals surface area contributed by atoms with Crippen molar-refractivity contribution in [2.45, 2.75) is 39.7 Å². The molecule has 0 aliphatic carbocycles. The van der Waals surface area contributed by atoms with E-state index in [2.05, 4.69) is 43.2 Å². The molecule has 1 N–H and O–H groups in total. The Morgan fingerprint density at radius 1 is 1.14 bits per heavy atom. The summed E-state index contributed by atoms with van der Waals surface area (Å²) < 4.78 is 5.83. The zero-order valence-corrected chi connectivity index (χ0v) is 13.1. The van der Waals surface area contributed by atoms with E-state index < -0.39 is 0 Å². The van der Waals surface area contributed by atoms with Gasteiger partial charge in [-0.05, 0) is 55.6 Å². The van der Waals surface area contributed by atoms with E-state index in [1.165, 1.54) is 11.1 Å². The van der Waals surface area contributed by atoms with Crippen LogP contribution in [-0.4, -0.2) is 11.5 Å². The first-order valence-corrected chi connectivity index (χ1v) is 7.69. The number of aryl methyl sites for hydroxylation is 1. The molecule has 1 heterocycles. The lowest BCUT2D eigenvalue weighted by Crippen LogP contribution is -2.19. The molecule has 21 heavy (non-hydrogen) atoms. The molecule has 0 saturated carbocycles. The zero-order chi connectivity index (χ0) is 15.1. The Morgan fingerprint density at radius 3 is 2.57 bits per heavy atom. The molecule has 0 radical (unpaired) electrons. The largest absolute Gasteiger partial charge is 0.439 e. The van der Waals surface area contributed by atoms with Crippen LogP contribution >= 0.6 is 0 Å². The van der Waals surface area contributed by atoms with E-state index in [0.29, 0.717) is 11.9 Å². The van der Waals surface area contributed by atoms with Gasteiger partial charge in [-0.25, -0.2) is 4.98 Å². The van der Waals surface area contributed by atoms with Crippen molar-refractivity contribution in [1.29, 1.82) is 0 Å². The van der Waals surface area contributed by atoms with E-state index >= 15 is 0 Å².